The van der Waals surface area contributed by atoms with Crippen molar-refractivity contribution in [2.24, 2.45) is 0 Å². The largest absolute Gasteiger partial charge is 0.443 e. The number of rotatable bonds is 5. The van der Waals surface area contributed by atoms with Crippen LogP contribution in [0.1, 0.15) is 26.2 Å². The molecule has 0 aromatic heterocycles. The van der Waals surface area contributed by atoms with Crippen LogP contribution >= 0.6 is 34.8 Å². The summed E-state index contributed by atoms with van der Waals surface area (Å²) < 4.78 is 4.68. The van der Waals surface area contributed by atoms with E-state index in [1.165, 1.54) is 0 Å². The summed E-state index contributed by atoms with van der Waals surface area (Å²) in [4.78, 5) is 10.0. The number of halogens is 3. The lowest BCUT2D eigenvalue weighted by molar-refractivity contribution is -0.145. The summed E-state index contributed by atoms with van der Waals surface area (Å²) in [6.45, 7) is 1.98. The first-order valence-corrected chi connectivity index (χ1v) is 5.00. The summed E-state index contributed by atoms with van der Waals surface area (Å²) in [5.41, 5.74) is -0.947. The standard InChI is InChI=1S/C7H11Cl3O2/c1-2-3-4-5(11)12-7(10)6(8)9/h6-7H,2-4H2,1H3. The molecule has 1 unspecified atom stereocenters. The van der Waals surface area contributed by atoms with Crippen molar-refractivity contribution in [1.29, 1.82) is 0 Å². The van der Waals surface area contributed by atoms with E-state index < -0.39 is 10.4 Å². The fourth-order valence-electron chi connectivity index (χ4n) is 0.557. The van der Waals surface area contributed by atoms with Gasteiger partial charge in [-0.05, 0) is 6.42 Å². The first-order valence-electron chi connectivity index (χ1n) is 3.69. The average Bonchev–Trinajstić information content (AvgIpc) is 2.00. The molecule has 0 fully saturated rings. The topological polar surface area (TPSA) is 26.3 Å². The molecule has 0 N–H and O–H groups in total. The van der Waals surface area contributed by atoms with Crippen LogP contribution in [-0.4, -0.2) is 16.4 Å². The van der Waals surface area contributed by atoms with Gasteiger partial charge in [-0.25, -0.2) is 0 Å². The van der Waals surface area contributed by atoms with Crippen LogP contribution in [0.5, 0.6) is 0 Å². The van der Waals surface area contributed by atoms with Crippen LogP contribution in [0.3, 0.4) is 0 Å². The molecule has 0 saturated heterocycles. The van der Waals surface area contributed by atoms with E-state index >= 15 is 0 Å². The highest BCUT2D eigenvalue weighted by atomic mass is 35.5. The second-order valence-corrected chi connectivity index (χ2v) is 3.87. The zero-order chi connectivity index (χ0) is 9.56. The molecule has 72 valence electrons. The van der Waals surface area contributed by atoms with E-state index in [2.05, 4.69) is 4.74 Å². The lowest BCUT2D eigenvalue weighted by atomic mass is 10.2. The van der Waals surface area contributed by atoms with Gasteiger partial charge in [-0.15, -0.1) is 0 Å². The van der Waals surface area contributed by atoms with E-state index in [1.54, 1.807) is 0 Å². The Morgan fingerprint density at radius 3 is 2.42 bits per heavy atom. The summed E-state index contributed by atoms with van der Waals surface area (Å²) in [6, 6.07) is 0. The molecule has 0 aliphatic carbocycles. The van der Waals surface area contributed by atoms with Crippen LogP contribution in [0.2, 0.25) is 0 Å². The van der Waals surface area contributed by atoms with Crippen LogP contribution in [-0.2, 0) is 9.53 Å². The lowest BCUT2D eigenvalue weighted by Crippen LogP contribution is -2.18. The monoisotopic (exact) mass is 232 g/mol. The van der Waals surface area contributed by atoms with Crippen molar-refractivity contribution in [3.05, 3.63) is 0 Å². The molecule has 0 bridgehead atoms. The summed E-state index contributed by atoms with van der Waals surface area (Å²) >= 11 is 16.2. The third kappa shape index (κ3) is 5.92. The van der Waals surface area contributed by atoms with Crippen molar-refractivity contribution in [2.75, 3.05) is 0 Å². The van der Waals surface area contributed by atoms with Gasteiger partial charge in [0.05, 0.1) is 0 Å². The number of carbonyl (C=O) groups excluding carboxylic acids is 1. The fourth-order valence-corrected chi connectivity index (χ4v) is 0.759. The summed E-state index contributed by atoms with van der Waals surface area (Å²) in [7, 11) is 0. The predicted octanol–water partition coefficient (Wildman–Crippen LogP) is 3.09. The molecule has 0 rings (SSSR count). The van der Waals surface area contributed by atoms with Gasteiger partial charge in [-0.3, -0.25) is 4.79 Å². The second kappa shape index (κ2) is 6.81. The van der Waals surface area contributed by atoms with Gasteiger partial charge in [0, 0.05) is 6.42 Å². The molecule has 0 amide bonds. The Labute approximate surface area is 87.1 Å². The molecule has 1 atom stereocenters. The minimum Gasteiger partial charge on any atom is -0.443 e. The summed E-state index contributed by atoms with van der Waals surface area (Å²) in [5, 5.41) is 0. The summed E-state index contributed by atoms with van der Waals surface area (Å²) in [5.74, 6) is -0.358. The van der Waals surface area contributed by atoms with Gasteiger partial charge in [0.2, 0.25) is 5.56 Å². The normalized spacial score (nSPS) is 13.1. The van der Waals surface area contributed by atoms with E-state index in [-0.39, 0.29) is 5.97 Å². The lowest BCUT2D eigenvalue weighted by Gasteiger charge is -2.10. The van der Waals surface area contributed by atoms with Gasteiger partial charge in [-0.1, -0.05) is 48.1 Å². The summed E-state index contributed by atoms with van der Waals surface area (Å²) in [6.07, 6.45) is 2.09. The maximum Gasteiger partial charge on any atom is 0.307 e. The second-order valence-electron chi connectivity index (χ2n) is 2.28. The number of ether oxygens (including phenoxy) is 1. The van der Waals surface area contributed by atoms with Crippen molar-refractivity contribution in [3.8, 4) is 0 Å². The van der Waals surface area contributed by atoms with Crippen LogP contribution in [0.25, 0.3) is 0 Å². The molecule has 0 aliphatic rings. The van der Waals surface area contributed by atoms with Gasteiger partial charge in [0.1, 0.15) is 0 Å². The maximum atomic E-state index is 10.9. The zero-order valence-corrected chi connectivity index (χ0v) is 8.99. The zero-order valence-electron chi connectivity index (χ0n) is 6.73. The fraction of sp³-hybridized carbons (Fsp3) is 0.857. The Hall–Kier alpha value is 0.340. The van der Waals surface area contributed by atoms with E-state index in [4.69, 9.17) is 34.8 Å². The number of carbonyl (C=O) groups is 1. The third-order valence-electron chi connectivity index (χ3n) is 1.18. The average molecular weight is 234 g/mol. The van der Waals surface area contributed by atoms with Crippen LogP contribution in [0, 0.1) is 0 Å². The maximum absolute atomic E-state index is 10.9. The molecule has 0 saturated carbocycles. The Balaban J connectivity index is 3.54. The number of hydrogen-bond acceptors (Lipinski definition) is 2. The van der Waals surface area contributed by atoms with Gasteiger partial charge in [0.15, 0.2) is 4.84 Å². The van der Waals surface area contributed by atoms with E-state index in [9.17, 15) is 4.79 Å². The van der Waals surface area contributed by atoms with Crippen molar-refractivity contribution in [1.82, 2.24) is 0 Å². The van der Waals surface area contributed by atoms with Crippen molar-refractivity contribution in [2.45, 2.75) is 36.6 Å². The third-order valence-corrected chi connectivity index (χ3v) is 2.23. The molecule has 2 nitrogen and oxygen atoms in total. The van der Waals surface area contributed by atoms with Crippen LogP contribution in [0.4, 0.5) is 0 Å². The van der Waals surface area contributed by atoms with Gasteiger partial charge in [-0.2, -0.15) is 0 Å². The van der Waals surface area contributed by atoms with Crippen molar-refractivity contribution in [3.63, 3.8) is 0 Å². The smallest absolute Gasteiger partial charge is 0.307 e. The Morgan fingerprint density at radius 1 is 1.42 bits per heavy atom. The number of alkyl halides is 3. The van der Waals surface area contributed by atoms with Crippen molar-refractivity contribution < 1.29 is 9.53 Å². The molecular formula is C7H11Cl3O2. The highest BCUT2D eigenvalue weighted by Crippen LogP contribution is 2.16. The molecule has 0 aromatic carbocycles. The molecule has 0 spiro atoms. The van der Waals surface area contributed by atoms with Gasteiger partial charge in [0.25, 0.3) is 0 Å². The first-order chi connectivity index (χ1) is 5.57. The number of hydrogen-bond donors (Lipinski definition) is 0. The Kier molecular flexibility index (Phi) is 7.01. The van der Waals surface area contributed by atoms with Gasteiger partial charge < -0.3 is 4.74 Å². The highest BCUT2D eigenvalue weighted by Gasteiger charge is 2.17. The van der Waals surface area contributed by atoms with E-state index in [0.29, 0.717) is 6.42 Å². The quantitative estimate of drug-likeness (QED) is 0.539. The Bertz CT molecular complexity index is 139. The minimum atomic E-state index is -0.947. The Morgan fingerprint density at radius 2 is 2.00 bits per heavy atom. The van der Waals surface area contributed by atoms with E-state index in [1.807, 2.05) is 6.92 Å². The molecule has 0 aromatic rings. The molecule has 0 heterocycles. The van der Waals surface area contributed by atoms with E-state index in [0.717, 1.165) is 12.8 Å². The van der Waals surface area contributed by atoms with Crippen LogP contribution < -0.4 is 0 Å². The minimum absolute atomic E-state index is 0.358. The highest BCUT2D eigenvalue weighted by molar-refractivity contribution is 6.48. The predicted molar refractivity (Wildman–Crippen MR) is 50.8 cm³/mol. The molecular weight excluding hydrogens is 222 g/mol. The molecule has 12 heavy (non-hydrogen) atoms. The number of unbranched alkanes of at least 4 members (excludes halogenated alkanes) is 1. The molecule has 0 radical (unpaired) electrons. The molecule has 5 heteroatoms. The van der Waals surface area contributed by atoms with Gasteiger partial charge >= 0.3 is 5.97 Å². The number of esters is 1. The molecule has 0 aliphatic heterocycles. The van der Waals surface area contributed by atoms with Crippen molar-refractivity contribution >= 4 is 40.8 Å². The first kappa shape index (κ1) is 12.3. The van der Waals surface area contributed by atoms with Crippen LogP contribution in [0.15, 0.2) is 0 Å². The SMILES string of the molecule is CCCCC(=O)OC(Cl)C(Cl)Cl.